The smallest absolute Gasteiger partial charge is 0.338 e. The number of aromatic nitrogens is 2. The van der Waals surface area contributed by atoms with Crippen molar-refractivity contribution >= 4 is 17.5 Å². The zero-order valence-electron chi connectivity index (χ0n) is 17.4. The number of anilines is 1. The van der Waals surface area contributed by atoms with E-state index in [1.54, 1.807) is 13.0 Å². The lowest BCUT2D eigenvalue weighted by atomic mass is 10.0. The number of hydrogen-bond acceptors (Lipinski definition) is 6. The Labute approximate surface area is 170 Å². The van der Waals surface area contributed by atoms with E-state index in [1.165, 1.54) is 4.57 Å². The van der Waals surface area contributed by atoms with E-state index < -0.39 is 5.97 Å². The molecule has 1 aromatic carbocycles. The van der Waals surface area contributed by atoms with E-state index in [0.717, 1.165) is 0 Å². The molecular formula is C22H27N3O4. The van der Waals surface area contributed by atoms with Crippen molar-refractivity contribution in [3.63, 3.8) is 0 Å². The Morgan fingerprint density at radius 2 is 1.97 bits per heavy atom. The van der Waals surface area contributed by atoms with E-state index in [2.05, 4.69) is 10.3 Å². The standard InChI is InChI=1S/C22H27N3O4/c1-6-28-21(27)17-12-14(4)15(5)29-19-18(17)20(26)25(16-10-8-7-9-11-16)22(24-19)23-13(2)3/h7-15H,6H2,1-5H3,(H,23,24). The monoisotopic (exact) mass is 397 g/mol. The van der Waals surface area contributed by atoms with Crippen LogP contribution in [0.5, 0.6) is 5.88 Å². The summed E-state index contributed by atoms with van der Waals surface area (Å²) in [4.78, 5) is 31.0. The van der Waals surface area contributed by atoms with E-state index >= 15 is 0 Å². The van der Waals surface area contributed by atoms with Crippen molar-refractivity contribution in [3.05, 3.63) is 52.3 Å². The molecule has 1 aliphatic heterocycles. The molecule has 7 heteroatoms. The van der Waals surface area contributed by atoms with Gasteiger partial charge in [-0.25, -0.2) is 9.36 Å². The third kappa shape index (κ3) is 4.18. The first kappa shape index (κ1) is 20.6. The van der Waals surface area contributed by atoms with Gasteiger partial charge in [0.2, 0.25) is 11.8 Å². The summed E-state index contributed by atoms with van der Waals surface area (Å²) in [6.07, 6.45) is 1.48. The minimum absolute atomic E-state index is 0.0390. The second-order valence-corrected chi connectivity index (χ2v) is 7.37. The van der Waals surface area contributed by atoms with Gasteiger partial charge >= 0.3 is 5.97 Å². The van der Waals surface area contributed by atoms with Crippen LogP contribution in [-0.2, 0) is 9.53 Å². The summed E-state index contributed by atoms with van der Waals surface area (Å²) in [5.74, 6) is -0.155. The number of benzene rings is 1. The molecule has 1 aromatic heterocycles. The van der Waals surface area contributed by atoms with Crippen LogP contribution in [0.3, 0.4) is 0 Å². The van der Waals surface area contributed by atoms with Crippen molar-refractivity contribution in [2.24, 2.45) is 5.92 Å². The maximum absolute atomic E-state index is 13.7. The Bertz CT molecular complexity index is 980. The largest absolute Gasteiger partial charge is 0.473 e. The first-order chi connectivity index (χ1) is 13.8. The highest BCUT2D eigenvalue weighted by atomic mass is 16.5. The van der Waals surface area contributed by atoms with E-state index in [9.17, 15) is 9.59 Å². The molecule has 0 saturated carbocycles. The SMILES string of the molecule is CCOC(=O)C1=CC(C)C(C)Oc2nc(NC(C)C)n(-c3ccccc3)c(=O)c21. The number of esters is 1. The van der Waals surface area contributed by atoms with Crippen LogP contribution in [0.1, 0.15) is 40.2 Å². The second-order valence-electron chi connectivity index (χ2n) is 7.37. The average Bonchev–Trinajstić information content (AvgIpc) is 2.79. The number of rotatable bonds is 5. The van der Waals surface area contributed by atoms with Crippen molar-refractivity contribution in [1.29, 1.82) is 0 Å². The Morgan fingerprint density at radius 3 is 2.59 bits per heavy atom. The summed E-state index contributed by atoms with van der Waals surface area (Å²) in [6, 6.07) is 9.23. The molecule has 29 heavy (non-hydrogen) atoms. The van der Waals surface area contributed by atoms with Gasteiger partial charge in [-0.3, -0.25) is 4.79 Å². The molecule has 0 bridgehead atoms. The lowest BCUT2D eigenvalue weighted by Crippen LogP contribution is -2.30. The van der Waals surface area contributed by atoms with Crippen LogP contribution in [0.15, 0.2) is 41.2 Å². The van der Waals surface area contributed by atoms with Gasteiger partial charge in [-0.15, -0.1) is 0 Å². The van der Waals surface area contributed by atoms with Crippen LogP contribution in [0.25, 0.3) is 11.3 Å². The molecule has 2 atom stereocenters. The molecule has 0 saturated heterocycles. The van der Waals surface area contributed by atoms with Crippen molar-refractivity contribution in [2.45, 2.75) is 46.8 Å². The lowest BCUT2D eigenvalue weighted by molar-refractivity contribution is -0.136. The molecule has 0 radical (unpaired) electrons. The van der Waals surface area contributed by atoms with Crippen LogP contribution in [0.4, 0.5) is 5.95 Å². The fourth-order valence-electron chi connectivity index (χ4n) is 3.13. The third-order valence-electron chi connectivity index (χ3n) is 4.71. The fraction of sp³-hybridized carbons (Fsp3) is 0.409. The van der Waals surface area contributed by atoms with Gasteiger partial charge in [-0.05, 0) is 39.8 Å². The molecule has 7 nitrogen and oxygen atoms in total. The number of carbonyl (C=O) groups is 1. The van der Waals surface area contributed by atoms with Crippen molar-refractivity contribution in [3.8, 4) is 11.6 Å². The Kier molecular flexibility index (Phi) is 6.06. The quantitative estimate of drug-likeness (QED) is 0.779. The van der Waals surface area contributed by atoms with Crippen LogP contribution in [0.2, 0.25) is 0 Å². The second kappa shape index (κ2) is 8.51. The van der Waals surface area contributed by atoms with Crippen LogP contribution in [-0.4, -0.2) is 34.3 Å². The molecule has 0 fully saturated rings. The fourth-order valence-corrected chi connectivity index (χ4v) is 3.13. The molecule has 3 rings (SSSR count). The number of nitrogens with zero attached hydrogens (tertiary/aromatic N) is 2. The topological polar surface area (TPSA) is 82.4 Å². The number of para-hydroxylation sites is 1. The lowest BCUT2D eigenvalue weighted by Gasteiger charge is -2.20. The third-order valence-corrected chi connectivity index (χ3v) is 4.71. The number of nitrogens with one attached hydrogen (secondary N) is 1. The highest BCUT2D eigenvalue weighted by molar-refractivity contribution is 6.17. The summed E-state index contributed by atoms with van der Waals surface area (Å²) in [5, 5.41) is 3.21. The normalized spacial score (nSPS) is 18.3. The molecule has 2 unspecified atom stereocenters. The minimum atomic E-state index is -0.554. The number of ether oxygens (including phenoxy) is 2. The molecule has 2 heterocycles. The number of hydrogen-bond donors (Lipinski definition) is 1. The van der Waals surface area contributed by atoms with E-state index in [0.29, 0.717) is 11.6 Å². The zero-order valence-corrected chi connectivity index (χ0v) is 17.4. The van der Waals surface area contributed by atoms with Gasteiger partial charge in [0, 0.05) is 12.0 Å². The summed E-state index contributed by atoms with van der Waals surface area (Å²) in [6.45, 7) is 9.68. The van der Waals surface area contributed by atoms with Crippen molar-refractivity contribution in [2.75, 3.05) is 11.9 Å². The zero-order chi connectivity index (χ0) is 21.1. The molecule has 2 aromatic rings. The van der Waals surface area contributed by atoms with Gasteiger partial charge in [0.1, 0.15) is 11.7 Å². The number of carbonyl (C=O) groups excluding carboxylic acids is 1. The van der Waals surface area contributed by atoms with Gasteiger partial charge in [-0.2, -0.15) is 4.98 Å². The minimum Gasteiger partial charge on any atom is -0.473 e. The predicted octanol–water partition coefficient (Wildman–Crippen LogP) is 3.42. The highest BCUT2D eigenvalue weighted by Gasteiger charge is 2.32. The van der Waals surface area contributed by atoms with Crippen LogP contribution < -0.4 is 15.6 Å². The van der Waals surface area contributed by atoms with Gasteiger partial charge in [0.05, 0.1) is 17.9 Å². The molecular weight excluding hydrogens is 370 g/mol. The Hall–Kier alpha value is -3.09. The van der Waals surface area contributed by atoms with E-state index in [4.69, 9.17) is 9.47 Å². The van der Waals surface area contributed by atoms with E-state index in [1.807, 2.05) is 58.0 Å². The summed E-state index contributed by atoms with van der Waals surface area (Å²) in [7, 11) is 0. The molecule has 0 spiro atoms. The molecule has 154 valence electrons. The summed E-state index contributed by atoms with van der Waals surface area (Å²) >= 11 is 0. The van der Waals surface area contributed by atoms with Crippen molar-refractivity contribution in [1.82, 2.24) is 9.55 Å². The van der Waals surface area contributed by atoms with Gasteiger partial charge in [0.25, 0.3) is 5.56 Å². The summed E-state index contributed by atoms with van der Waals surface area (Å²) in [5.41, 5.74) is 0.573. The molecule has 1 aliphatic rings. The van der Waals surface area contributed by atoms with Gasteiger partial charge in [-0.1, -0.05) is 31.2 Å². The maximum Gasteiger partial charge on any atom is 0.338 e. The predicted molar refractivity (Wildman–Crippen MR) is 112 cm³/mol. The summed E-state index contributed by atoms with van der Waals surface area (Å²) < 4.78 is 12.7. The van der Waals surface area contributed by atoms with Crippen LogP contribution >= 0.6 is 0 Å². The average molecular weight is 397 g/mol. The van der Waals surface area contributed by atoms with Crippen LogP contribution in [0, 0.1) is 5.92 Å². The van der Waals surface area contributed by atoms with Crippen molar-refractivity contribution < 1.29 is 14.3 Å². The molecule has 0 amide bonds. The first-order valence-corrected chi connectivity index (χ1v) is 9.88. The Morgan fingerprint density at radius 1 is 1.28 bits per heavy atom. The van der Waals surface area contributed by atoms with Gasteiger partial charge in [0.15, 0.2) is 0 Å². The molecule has 1 N–H and O–H groups in total. The number of fused-ring (bicyclic) bond motifs is 1. The molecule has 0 aliphatic carbocycles. The Balaban J connectivity index is 2.33. The van der Waals surface area contributed by atoms with Gasteiger partial charge < -0.3 is 14.8 Å². The first-order valence-electron chi connectivity index (χ1n) is 9.88. The van der Waals surface area contributed by atoms with E-state index in [-0.39, 0.29) is 47.2 Å². The highest BCUT2D eigenvalue weighted by Crippen LogP contribution is 2.32. The maximum atomic E-state index is 13.7.